The summed E-state index contributed by atoms with van der Waals surface area (Å²) in [6, 6.07) is 86.1. The number of hydrogen-bond acceptors (Lipinski definition) is 1. The molecule has 1 aliphatic carbocycles. The molecule has 0 radical (unpaired) electrons. The molecule has 9 aromatic rings. The molecular weight excluding hydrogens is 771 g/mol. The van der Waals surface area contributed by atoms with Gasteiger partial charge >= 0.3 is 0 Å². The third kappa shape index (κ3) is 7.74. The highest BCUT2D eigenvalue weighted by molar-refractivity contribution is 5.89. The van der Waals surface area contributed by atoms with Gasteiger partial charge < -0.3 is 4.90 Å². The zero-order valence-electron chi connectivity index (χ0n) is 36.3. The highest BCUT2D eigenvalue weighted by Crippen LogP contribution is 2.54. The fourth-order valence-electron chi connectivity index (χ4n) is 9.41. The molecule has 1 aliphatic rings. The Kier molecular flexibility index (Phi) is 11.1. The maximum atomic E-state index is 2.45. The van der Waals surface area contributed by atoms with E-state index in [0.29, 0.717) is 0 Å². The standard InChI is InChI=1S/C63H49N/c1-3-17-53(52-32-30-50(31-33-52)47-18-8-4-9-19-47)42-58-43-55-36-41-61(45-62(55)63(58,56-25-14-7-15-26-56)57-37-28-46(2)29-38-57)64(59-39-34-51(35-40-59)48-20-10-5-11-21-48)60-27-16-24-54(44-60)49-22-12-6-13-23-49/h3-45H,1-2H3/b17-3-,53-42+. The number of allylic oxidation sites excluding steroid dienone is 5. The van der Waals surface area contributed by atoms with Gasteiger partial charge in [-0.1, -0.05) is 218 Å². The zero-order valence-corrected chi connectivity index (χ0v) is 36.3. The van der Waals surface area contributed by atoms with E-state index in [2.05, 4.69) is 280 Å². The fraction of sp³-hybridized carbons (Fsp3) is 0.0476. The lowest BCUT2D eigenvalue weighted by Crippen LogP contribution is -2.29. The maximum absolute atomic E-state index is 2.45. The Hall–Kier alpha value is -8.00. The van der Waals surface area contributed by atoms with Crippen molar-refractivity contribution in [2.75, 3.05) is 4.90 Å². The van der Waals surface area contributed by atoms with E-state index in [1.54, 1.807) is 0 Å². The lowest BCUT2D eigenvalue weighted by Gasteiger charge is -2.36. The SMILES string of the molecule is C/C=C\C(=C/C1=Cc2ccc(N(c3ccc(-c4ccccc4)cc3)c3cccc(-c4ccccc4)c3)cc2C1(c1ccccc1)c1ccc(C)cc1)c1ccc(-c2ccccc2)cc1. The molecule has 0 saturated heterocycles. The molecule has 9 aromatic carbocycles. The molecule has 0 spiro atoms. The van der Waals surface area contributed by atoms with Crippen LogP contribution in [0, 0.1) is 6.92 Å². The Labute approximate surface area is 378 Å². The Morgan fingerprint density at radius 1 is 0.422 bits per heavy atom. The van der Waals surface area contributed by atoms with E-state index >= 15 is 0 Å². The van der Waals surface area contributed by atoms with Gasteiger partial charge in [-0.05, 0) is 135 Å². The van der Waals surface area contributed by atoms with Crippen molar-refractivity contribution in [1.29, 1.82) is 0 Å². The second kappa shape index (κ2) is 17.8. The minimum Gasteiger partial charge on any atom is -0.310 e. The number of nitrogens with zero attached hydrogens (tertiary/aromatic N) is 1. The van der Waals surface area contributed by atoms with Crippen LogP contribution in [0.2, 0.25) is 0 Å². The van der Waals surface area contributed by atoms with Crippen molar-refractivity contribution in [3.05, 3.63) is 294 Å². The Bertz CT molecular complexity index is 3110. The molecule has 1 heteroatoms. The van der Waals surface area contributed by atoms with Crippen molar-refractivity contribution < 1.29 is 0 Å². The normalized spacial score (nSPS) is 14.6. The molecule has 1 atom stereocenters. The van der Waals surface area contributed by atoms with Crippen LogP contribution in [0.4, 0.5) is 17.1 Å². The van der Waals surface area contributed by atoms with E-state index in [1.165, 1.54) is 72.3 Å². The van der Waals surface area contributed by atoms with Crippen molar-refractivity contribution in [2.45, 2.75) is 19.3 Å². The summed E-state index contributed by atoms with van der Waals surface area (Å²) in [4.78, 5) is 2.42. The summed E-state index contributed by atoms with van der Waals surface area (Å²) in [6.07, 6.45) is 9.24. The van der Waals surface area contributed by atoms with E-state index in [-0.39, 0.29) is 0 Å². The van der Waals surface area contributed by atoms with Crippen LogP contribution in [0.1, 0.15) is 40.3 Å². The Balaban J connectivity index is 1.17. The third-order valence-corrected chi connectivity index (χ3v) is 12.6. The highest BCUT2D eigenvalue weighted by atomic mass is 15.1. The Morgan fingerprint density at radius 2 is 0.906 bits per heavy atom. The minimum atomic E-state index is -0.619. The summed E-state index contributed by atoms with van der Waals surface area (Å²) < 4.78 is 0. The second-order valence-corrected chi connectivity index (χ2v) is 16.6. The number of aryl methyl sites for hydroxylation is 1. The molecule has 0 heterocycles. The van der Waals surface area contributed by atoms with Gasteiger partial charge in [0.25, 0.3) is 0 Å². The predicted molar refractivity (Wildman–Crippen MR) is 272 cm³/mol. The highest BCUT2D eigenvalue weighted by Gasteiger charge is 2.44. The summed E-state index contributed by atoms with van der Waals surface area (Å²) >= 11 is 0. The number of benzene rings is 9. The smallest absolute Gasteiger partial charge is 0.0708 e. The summed E-state index contributed by atoms with van der Waals surface area (Å²) in [6.45, 7) is 4.28. The van der Waals surface area contributed by atoms with Gasteiger partial charge in [-0.3, -0.25) is 0 Å². The molecule has 0 aromatic heterocycles. The predicted octanol–water partition coefficient (Wildman–Crippen LogP) is 16.9. The van der Waals surface area contributed by atoms with Crippen LogP contribution in [-0.2, 0) is 5.41 Å². The van der Waals surface area contributed by atoms with Crippen LogP contribution in [0.15, 0.2) is 260 Å². The van der Waals surface area contributed by atoms with Gasteiger partial charge in [-0.25, -0.2) is 0 Å². The van der Waals surface area contributed by atoms with Crippen LogP contribution >= 0.6 is 0 Å². The van der Waals surface area contributed by atoms with Gasteiger partial charge in [-0.15, -0.1) is 0 Å². The van der Waals surface area contributed by atoms with Gasteiger partial charge in [0.15, 0.2) is 0 Å². The number of rotatable bonds is 11. The number of anilines is 3. The Morgan fingerprint density at radius 3 is 1.50 bits per heavy atom. The summed E-state index contributed by atoms with van der Waals surface area (Å²) in [5.74, 6) is 0. The van der Waals surface area contributed by atoms with Crippen LogP contribution < -0.4 is 4.90 Å². The molecule has 0 bridgehead atoms. The molecule has 0 amide bonds. The third-order valence-electron chi connectivity index (χ3n) is 12.6. The van der Waals surface area contributed by atoms with Gasteiger partial charge in [0, 0.05) is 17.1 Å². The fourth-order valence-corrected chi connectivity index (χ4v) is 9.41. The van der Waals surface area contributed by atoms with Crippen molar-refractivity contribution in [3.8, 4) is 33.4 Å². The lowest BCUT2D eigenvalue weighted by molar-refractivity contribution is 0.762. The zero-order chi connectivity index (χ0) is 43.3. The van der Waals surface area contributed by atoms with Gasteiger partial charge in [0.1, 0.15) is 0 Å². The maximum Gasteiger partial charge on any atom is 0.0708 e. The van der Waals surface area contributed by atoms with Crippen LogP contribution in [0.25, 0.3) is 45.0 Å². The number of fused-ring (bicyclic) bond motifs is 1. The van der Waals surface area contributed by atoms with Gasteiger partial charge in [0.05, 0.1) is 5.41 Å². The first-order valence-electron chi connectivity index (χ1n) is 22.2. The van der Waals surface area contributed by atoms with E-state index in [0.717, 1.165) is 22.6 Å². The first-order chi connectivity index (χ1) is 31.6. The molecule has 10 rings (SSSR count). The average molecular weight is 820 g/mol. The van der Waals surface area contributed by atoms with Crippen LogP contribution in [-0.4, -0.2) is 0 Å². The lowest BCUT2D eigenvalue weighted by atomic mass is 9.66. The largest absolute Gasteiger partial charge is 0.310 e. The second-order valence-electron chi connectivity index (χ2n) is 16.6. The van der Waals surface area contributed by atoms with Crippen molar-refractivity contribution in [3.63, 3.8) is 0 Å². The van der Waals surface area contributed by atoms with Crippen LogP contribution in [0.5, 0.6) is 0 Å². The number of hydrogen-bond donors (Lipinski definition) is 0. The van der Waals surface area contributed by atoms with Crippen molar-refractivity contribution >= 4 is 28.7 Å². The topological polar surface area (TPSA) is 3.24 Å². The molecule has 0 N–H and O–H groups in total. The summed E-state index contributed by atoms with van der Waals surface area (Å²) in [7, 11) is 0. The first-order valence-corrected chi connectivity index (χ1v) is 22.2. The molecule has 0 aliphatic heterocycles. The molecular formula is C63H49N. The van der Waals surface area contributed by atoms with E-state index < -0.39 is 5.41 Å². The van der Waals surface area contributed by atoms with Gasteiger partial charge in [-0.2, -0.15) is 0 Å². The monoisotopic (exact) mass is 819 g/mol. The molecule has 0 fully saturated rings. The van der Waals surface area contributed by atoms with E-state index in [4.69, 9.17) is 0 Å². The molecule has 0 saturated carbocycles. The van der Waals surface area contributed by atoms with Crippen molar-refractivity contribution in [2.24, 2.45) is 0 Å². The quantitative estimate of drug-likeness (QED) is 0.118. The summed E-state index contributed by atoms with van der Waals surface area (Å²) in [5.41, 5.74) is 19.5. The molecule has 1 unspecified atom stereocenters. The van der Waals surface area contributed by atoms with Gasteiger partial charge in [0.2, 0.25) is 0 Å². The minimum absolute atomic E-state index is 0.619. The average Bonchev–Trinajstić information content (AvgIpc) is 3.69. The summed E-state index contributed by atoms with van der Waals surface area (Å²) in [5, 5.41) is 0. The first kappa shape index (κ1) is 40.1. The van der Waals surface area contributed by atoms with E-state index in [1.807, 2.05) is 0 Å². The molecule has 64 heavy (non-hydrogen) atoms. The molecule has 306 valence electrons. The molecule has 1 nitrogen and oxygen atoms in total. The van der Waals surface area contributed by atoms with Crippen molar-refractivity contribution in [1.82, 2.24) is 0 Å². The van der Waals surface area contributed by atoms with E-state index in [9.17, 15) is 0 Å². The van der Waals surface area contributed by atoms with Crippen LogP contribution in [0.3, 0.4) is 0 Å².